The fourth-order valence-corrected chi connectivity index (χ4v) is 2.58. The van der Waals surface area contributed by atoms with Crippen molar-refractivity contribution in [3.05, 3.63) is 28.8 Å². The molecule has 1 N–H and O–H groups in total. The molecule has 0 bridgehead atoms. The number of hydrogen-bond donors (Lipinski definition) is 1. The van der Waals surface area contributed by atoms with Gasteiger partial charge in [0.05, 0.1) is 12.7 Å². The molecule has 2 rings (SSSR count). The minimum Gasteiger partial charge on any atom is -0.490 e. The van der Waals surface area contributed by atoms with Gasteiger partial charge in [-0.05, 0) is 37.5 Å². The molecule has 1 saturated carbocycles. The van der Waals surface area contributed by atoms with E-state index >= 15 is 0 Å². The lowest BCUT2D eigenvalue weighted by Crippen LogP contribution is -2.29. The summed E-state index contributed by atoms with van der Waals surface area (Å²) >= 11 is 5.90. The molecule has 1 aliphatic rings. The van der Waals surface area contributed by atoms with E-state index in [0.717, 1.165) is 37.0 Å². The van der Waals surface area contributed by atoms with Crippen molar-refractivity contribution in [1.29, 1.82) is 0 Å². The molecule has 1 aromatic rings. The van der Waals surface area contributed by atoms with Gasteiger partial charge in [0.1, 0.15) is 11.9 Å². The first-order chi connectivity index (χ1) is 8.72. The lowest BCUT2D eigenvalue weighted by Gasteiger charge is -2.29. The Kier molecular flexibility index (Phi) is 4.87. The summed E-state index contributed by atoms with van der Waals surface area (Å²) in [5.41, 5.74) is 0.738. The highest BCUT2D eigenvalue weighted by Gasteiger charge is 2.23. The van der Waals surface area contributed by atoms with Crippen LogP contribution in [-0.4, -0.2) is 24.4 Å². The molecule has 0 aromatic heterocycles. The summed E-state index contributed by atoms with van der Waals surface area (Å²) in [7, 11) is 1.74. The zero-order valence-corrected chi connectivity index (χ0v) is 11.3. The molecular weight excluding hydrogens is 252 g/mol. The van der Waals surface area contributed by atoms with Crippen molar-refractivity contribution in [1.82, 2.24) is 0 Å². The molecular formula is C14H19ClO3. The summed E-state index contributed by atoms with van der Waals surface area (Å²) in [4.78, 5) is 0. The van der Waals surface area contributed by atoms with Gasteiger partial charge in [0.2, 0.25) is 0 Å². The van der Waals surface area contributed by atoms with Crippen LogP contribution < -0.4 is 4.74 Å². The van der Waals surface area contributed by atoms with E-state index < -0.39 is 0 Å². The van der Waals surface area contributed by atoms with Crippen molar-refractivity contribution in [3.8, 4) is 5.75 Å². The standard InChI is InChI=1S/C14H19ClO3/c1-17-12-3-2-4-13(8-12)18-14-6-5-11(15)7-10(14)9-16/h5-7,12-13,16H,2-4,8-9H2,1H3. The summed E-state index contributed by atoms with van der Waals surface area (Å²) in [6.45, 7) is -0.0592. The SMILES string of the molecule is COC1CCCC(Oc2ccc(Cl)cc2CO)C1. The minimum atomic E-state index is -0.0592. The van der Waals surface area contributed by atoms with Crippen LogP contribution in [0, 0.1) is 0 Å². The largest absolute Gasteiger partial charge is 0.490 e. The van der Waals surface area contributed by atoms with Crippen LogP contribution in [0.15, 0.2) is 18.2 Å². The van der Waals surface area contributed by atoms with Gasteiger partial charge >= 0.3 is 0 Å². The van der Waals surface area contributed by atoms with E-state index in [1.165, 1.54) is 0 Å². The average Bonchev–Trinajstić information content (AvgIpc) is 2.41. The van der Waals surface area contributed by atoms with Crippen molar-refractivity contribution in [2.45, 2.75) is 44.5 Å². The quantitative estimate of drug-likeness (QED) is 0.913. The zero-order valence-electron chi connectivity index (χ0n) is 10.6. The molecule has 2 unspecified atom stereocenters. The number of halogens is 1. The molecule has 0 saturated heterocycles. The molecule has 100 valence electrons. The van der Waals surface area contributed by atoms with Crippen LogP contribution in [-0.2, 0) is 11.3 Å². The van der Waals surface area contributed by atoms with Gasteiger partial charge in [-0.25, -0.2) is 0 Å². The van der Waals surface area contributed by atoms with E-state index in [-0.39, 0.29) is 18.8 Å². The number of rotatable bonds is 4. The number of benzene rings is 1. The van der Waals surface area contributed by atoms with Gasteiger partial charge in [0.25, 0.3) is 0 Å². The normalized spacial score (nSPS) is 23.9. The van der Waals surface area contributed by atoms with Gasteiger partial charge in [-0.2, -0.15) is 0 Å². The Morgan fingerprint density at radius 2 is 2.11 bits per heavy atom. The molecule has 2 atom stereocenters. The van der Waals surface area contributed by atoms with Gasteiger partial charge in [-0.1, -0.05) is 11.6 Å². The average molecular weight is 271 g/mol. The van der Waals surface area contributed by atoms with Crippen LogP contribution >= 0.6 is 11.6 Å². The van der Waals surface area contributed by atoms with Crippen molar-refractivity contribution < 1.29 is 14.6 Å². The Hall–Kier alpha value is -0.770. The monoisotopic (exact) mass is 270 g/mol. The molecule has 3 nitrogen and oxygen atoms in total. The number of hydrogen-bond acceptors (Lipinski definition) is 3. The number of aliphatic hydroxyl groups is 1. The molecule has 0 aliphatic heterocycles. The maximum atomic E-state index is 9.31. The van der Waals surface area contributed by atoms with Gasteiger partial charge in [-0.3, -0.25) is 0 Å². The summed E-state index contributed by atoms with van der Waals surface area (Å²) in [6, 6.07) is 5.35. The Morgan fingerprint density at radius 3 is 2.83 bits per heavy atom. The van der Waals surface area contributed by atoms with Gasteiger partial charge in [0, 0.05) is 24.1 Å². The fourth-order valence-electron chi connectivity index (χ4n) is 2.39. The Bertz CT molecular complexity index is 395. The highest BCUT2D eigenvalue weighted by atomic mass is 35.5. The smallest absolute Gasteiger partial charge is 0.125 e. The van der Waals surface area contributed by atoms with Crippen molar-refractivity contribution in [3.63, 3.8) is 0 Å². The van der Waals surface area contributed by atoms with Gasteiger partial charge in [-0.15, -0.1) is 0 Å². The van der Waals surface area contributed by atoms with E-state index in [0.29, 0.717) is 5.02 Å². The lowest BCUT2D eigenvalue weighted by molar-refractivity contribution is 0.0203. The molecule has 0 amide bonds. The summed E-state index contributed by atoms with van der Waals surface area (Å²) in [5.74, 6) is 0.726. The number of aliphatic hydroxyl groups excluding tert-OH is 1. The van der Waals surface area contributed by atoms with Gasteiger partial charge < -0.3 is 14.6 Å². The highest BCUT2D eigenvalue weighted by Crippen LogP contribution is 2.29. The predicted octanol–water partition coefficient (Wildman–Crippen LogP) is 3.17. The van der Waals surface area contributed by atoms with Crippen molar-refractivity contribution >= 4 is 11.6 Å². The summed E-state index contributed by atoms with van der Waals surface area (Å²) in [5, 5.41) is 9.92. The van der Waals surface area contributed by atoms with E-state index in [1.807, 2.05) is 6.07 Å². The first kappa shape index (κ1) is 13.7. The van der Waals surface area contributed by atoms with Crippen molar-refractivity contribution in [2.75, 3.05) is 7.11 Å². The van der Waals surface area contributed by atoms with E-state index in [9.17, 15) is 5.11 Å². The third-order valence-corrected chi connectivity index (χ3v) is 3.63. The van der Waals surface area contributed by atoms with Crippen LogP contribution in [0.4, 0.5) is 0 Å². The third kappa shape index (κ3) is 3.37. The maximum Gasteiger partial charge on any atom is 0.125 e. The molecule has 1 aromatic carbocycles. The molecule has 18 heavy (non-hydrogen) atoms. The summed E-state index contributed by atoms with van der Waals surface area (Å²) < 4.78 is 11.4. The first-order valence-corrected chi connectivity index (χ1v) is 6.69. The van der Waals surface area contributed by atoms with E-state index in [2.05, 4.69) is 0 Å². The number of methoxy groups -OCH3 is 1. The predicted molar refractivity (Wildman–Crippen MR) is 71.1 cm³/mol. The second-order valence-electron chi connectivity index (χ2n) is 4.67. The molecule has 0 heterocycles. The first-order valence-electron chi connectivity index (χ1n) is 6.31. The zero-order chi connectivity index (χ0) is 13.0. The van der Waals surface area contributed by atoms with Crippen LogP contribution in [0.5, 0.6) is 5.75 Å². The molecule has 1 fully saturated rings. The molecule has 0 spiro atoms. The van der Waals surface area contributed by atoms with Crippen LogP contribution in [0.1, 0.15) is 31.2 Å². The Labute approximate surface area is 113 Å². The second-order valence-corrected chi connectivity index (χ2v) is 5.11. The van der Waals surface area contributed by atoms with Crippen molar-refractivity contribution in [2.24, 2.45) is 0 Å². The molecule has 4 heteroatoms. The highest BCUT2D eigenvalue weighted by molar-refractivity contribution is 6.30. The van der Waals surface area contributed by atoms with Crippen LogP contribution in [0.3, 0.4) is 0 Å². The van der Waals surface area contributed by atoms with Crippen LogP contribution in [0.25, 0.3) is 0 Å². The topological polar surface area (TPSA) is 38.7 Å². The molecule has 1 aliphatic carbocycles. The Balaban J connectivity index is 2.04. The molecule has 0 radical (unpaired) electrons. The van der Waals surface area contributed by atoms with Crippen LogP contribution in [0.2, 0.25) is 5.02 Å². The minimum absolute atomic E-state index is 0.0592. The maximum absolute atomic E-state index is 9.31. The Morgan fingerprint density at radius 1 is 1.33 bits per heavy atom. The second kappa shape index (κ2) is 6.41. The number of ether oxygens (including phenoxy) is 2. The van der Waals surface area contributed by atoms with E-state index in [4.69, 9.17) is 21.1 Å². The van der Waals surface area contributed by atoms with E-state index in [1.54, 1.807) is 19.2 Å². The lowest BCUT2D eigenvalue weighted by atomic mass is 9.95. The fraction of sp³-hybridized carbons (Fsp3) is 0.571. The van der Waals surface area contributed by atoms with Gasteiger partial charge in [0.15, 0.2) is 0 Å². The third-order valence-electron chi connectivity index (χ3n) is 3.40. The summed E-state index contributed by atoms with van der Waals surface area (Å²) in [6.07, 6.45) is 4.61.